The van der Waals surface area contributed by atoms with Gasteiger partial charge in [-0.15, -0.1) is 0 Å². The second kappa shape index (κ2) is 11.4. The summed E-state index contributed by atoms with van der Waals surface area (Å²) in [6.07, 6.45) is 1.11. The van der Waals surface area contributed by atoms with Crippen LogP contribution in [0.4, 0.5) is 0 Å². The number of fused-ring (bicyclic) bond motifs is 1. The van der Waals surface area contributed by atoms with Crippen LogP contribution in [-0.4, -0.2) is 54.0 Å². The van der Waals surface area contributed by atoms with Gasteiger partial charge in [0.25, 0.3) is 0 Å². The van der Waals surface area contributed by atoms with Gasteiger partial charge in [0.2, 0.25) is 0 Å². The average molecular weight is 519 g/mol. The normalized spacial score (nSPS) is 14.1. The lowest BCUT2D eigenvalue weighted by atomic mass is 9.79. The van der Waals surface area contributed by atoms with Crippen LogP contribution in [0.25, 0.3) is 0 Å². The number of carbonyl (C=O) groups excluding carboxylic acids is 1. The quantitative estimate of drug-likeness (QED) is 0.311. The predicted molar refractivity (Wildman–Crippen MR) is 143 cm³/mol. The van der Waals surface area contributed by atoms with Crippen LogP contribution in [0.3, 0.4) is 0 Å². The number of aliphatic hydroxyl groups is 2. The van der Waals surface area contributed by atoms with Gasteiger partial charge < -0.3 is 24.8 Å². The van der Waals surface area contributed by atoms with E-state index < -0.39 is 16.8 Å². The van der Waals surface area contributed by atoms with Gasteiger partial charge in [-0.1, -0.05) is 55.5 Å². The van der Waals surface area contributed by atoms with Crippen LogP contribution in [0.15, 0.2) is 66.7 Å². The molecule has 7 nitrogen and oxygen atoms in total. The number of benzene rings is 3. The summed E-state index contributed by atoms with van der Waals surface area (Å²) < 4.78 is 11.4. The summed E-state index contributed by atoms with van der Waals surface area (Å²) in [6.45, 7) is 1.77. The largest absolute Gasteiger partial charge is 0.493 e. The molecule has 38 heavy (non-hydrogen) atoms. The molecular weight excluding hydrogens is 484 g/mol. The zero-order valence-electron chi connectivity index (χ0n) is 21.8. The summed E-state index contributed by atoms with van der Waals surface area (Å²) in [5, 5.41) is 29.5. The Morgan fingerprint density at radius 2 is 1.61 bits per heavy atom. The Labute approximate surface area is 222 Å². The first-order chi connectivity index (χ1) is 18.2. The number of carbonyl (C=O) groups is 2. The number of ether oxygens (including phenoxy) is 2. The van der Waals surface area contributed by atoms with Gasteiger partial charge in [-0.2, -0.15) is 0 Å². The van der Waals surface area contributed by atoms with Crippen LogP contribution in [0, 0.1) is 5.41 Å². The van der Waals surface area contributed by atoms with Crippen LogP contribution in [-0.2, 0) is 29.5 Å². The Bertz CT molecular complexity index is 1280. The Morgan fingerprint density at radius 3 is 2.21 bits per heavy atom. The molecule has 0 unspecified atom stereocenters. The van der Waals surface area contributed by atoms with Crippen molar-refractivity contribution in [1.82, 2.24) is 0 Å². The molecule has 200 valence electrons. The van der Waals surface area contributed by atoms with E-state index in [1.807, 2.05) is 48.5 Å². The number of methoxy groups -OCH3 is 1. The summed E-state index contributed by atoms with van der Waals surface area (Å²) in [6, 6.07) is 20.2. The third kappa shape index (κ3) is 5.59. The number of hydrogen-bond donors (Lipinski definition) is 3. The number of hydrogen-bond acceptors (Lipinski definition) is 6. The Hall–Kier alpha value is -3.68. The molecule has 0 fully saturated rings. The van der Waals surface area contributed by atoms with Gasteiger partial charge in [-0.05, 0) is 53.3 Å². The first kappa shape index (κ1) is 27.4. The van der Waals surface area contributed by atoms with Crippen molar-refractivity contribution < 1.29 is 34.4 Å². The van der Waals surface area contributed by atoms with E-state index in [0.717, 1.165) is 22.3 Å². The van der Waals surface area contributed by atoms with Crippen molar-refractivity contribution in [2.75, 3.05) is 26.9 Å². The number of carboxylic acids is 1. The zero-order chi connectivity index (χ0) is 27.3. The summed E-state index contributed by atoms with van der Waals surface area (Å²) in [5.41, 5.74) is 2.25. The van der Waals surface area contributed by atoms with Crippen molar-refractivity contribution in [2.24, 2.45) is 5.41 Å². The number of ketones is 1. The minimum Gasteiger partial charge on any atom is -0.493 e. The maximum absolute atomic E-state index is 13.3. The molecule has 0 bridgehead atoms. The Morgan fingerprint density at radius 1 is 0.921 bits per heavy atom. The van der Waals surface area contributed by atoms with Gasteiger partial charge in [-0.25, -0.2) is 0 Å². The second-order valence-corrected chi connectivity index (χ2v) is 10.3. The summed E-state index contributed by atoms with van der Waals surface area (Å²) >= 11 is 0. The van der Waals surface area contributed by atoms with E-state index in [2.05, 4.69) is 0 Å². The predicted octanol–water partition coefficient (Wildman–Crippen LogP) is 4.00. The Balaban J connectivity index is 1.47. The fourth-order valence-electron chi connectivity index (χ4n) is 5.03. The second-order valence-electron chi connectivity index (χ2n) is 10.3. The van der Waals surface area contributed by atoms with Gasteiger partial charge >= 0.3 is 5.97 Å². The van der Waals surface area contributed by atoms with Crippen molar-refractivity contribution >= 4 is 11.8 Å². The van der Waals surface area contributed by atoms with Crippen molar-refractivity contribution in [2.45, 2.75) is 38.0 Å². The van der Waals surface area contributed by atoms with Crippen LogP contribution in [0.1, 0.15) is 46.0 Å². The average Bonchev–Trinajstić information content (AvgIpc) is 3.32. The number of carboxylic acid groups (broad SMARTS) is 1. The molecule has 1 aliphatic carbocycles. The molecule has 4 rings (SSSR count). The van der Waals surface area contributed by atoms with Crippen molar-refractivity contribution in [3.05, 3.63) is 94.5 Å². The molecule has 0 aliphatic heterocycles. The molecule has 0 aromatic heterocycles. The molecule has 3 aromatic carbocycles. The number of aliphatic hydroxyl groups excluding tert-OH is 2. The molecule has 3 aromatic rings. The van der Waals surface area contributed by atoms with Gasteiger partial charge in [0, 0.05) is 23.8 Å². The minimum atomic E-state index is -1.16. The highest BCUT2D eigenvalue weighted by atomic mass is 16.5. The Kier molecular flexibility index (Phi) is 8.19. The third-order valence-electron chi connectivity index (χ3n) is 7.58. The number of Topliss-reactive ketones (excluding diaryl/α,β-unsaturated/α-hetero) is 1. The van der Waals surface area contributed by atoms with E-state index in [4.69, 9.17) is 9.47 Å². The summed E-state index contributed by atoms with van der Waals surface area (Å²) in [5.74, 6) is -0.339. The molecular formula is C31H34O7. The van der Waals surface area contributed by atoms with Gasteiger partial charge in [0.05, 0.1) is 32.3 Å². The number of rotatable bonds is 12. The molecule has 0 spiro atoms. The van der Waals surface area contributed by atoms with Crippen molar-refractivity contribution in [1.29, 1.82) is 0 Å². The summed E-state index contributed by atoms with van der Waals surface area (Å²) in [7, 11) is 1.52. The van der Waals surface area contributed by atoms with E-state index in [1.165, 1.54) is 7.11 Å². The molecule has 0 atom stereocenters. The van der Waals surface area contributed by atoms with Gasteiger partial charge in [0.1, 0.15) is 0 Å². The highest BCUT2D eigenvalue weighted by Gasteiger charge is 2.45. The third-order valence-corrected chi connectivity index (χ3v) is 7.58. The molecule has 0 heterocycles. The van der Waals surface area contributed by atoms with Crippen LogP contribution in [0.2, 0.25) is 0 Å². The molecule has 0 radical (unpaired) electrons. The van der Waals surface area contributed by atoms with Crippen LogP contribution < -0.4 is 9.47 Å². The molecule has 0 amide bonds. The van der Waals surface area contributed by atoms with E-state index in [-0.39, 0.29) is 25.4 Å². The van der Waals surface area contributed by atoms with E-state index in [9.17, 15) is 24.9 Å². The topological polar surface area (TPSA) is 113 Å². The first-order valence-electron chi connectivity index (χ1n) is 12.7. The van der Waals surface area contributed by atoms with Gasteiger partial charge in [0.15, 0.2) is 17.3 Å². The van der Waals surface area contributed by atoms with Crippen LogP contribution in [0.5, 0.6) is 11.5 Å². The molecule has 0 saturated carbocycles. The SMILES string of the molecule is COc1ccc(C(=O)CC2(C(=O)O)Cc3ccccc3C2)cc1OCCc1cccc(C(C)(CO)CO)c1. The first-order valence-corrected chi connectivity index (χ1v) is 12.7. The van der Waals surface area contributed by atoms with Crippen LogP contribution >= 0.6 is 0 Å². The molecule has 1 aliphatic rings. The standard InChI is InChI=1S/C31H34O7/c1-30(19-32,20-33)25-9-5-6-21(14-25)12-13-38-28-15-22(10-11-27(28)37-2)26(34)18-31(29(35)36)16-23-7-3-4-8-24(23)17-31/h3-11,14-15,32-33H,12-13,16-20H2,1-2H3,(H,35,36). The fraction of sp³-hybridized carbons (Fsp3) is 0.355. The lowest BCUT2D eigenvalue weighted by Gasteiger charge is -2.25. The van der Waals surface area contributed by atoms with E-state index in [0.29, 0.717) is 42.9 Å². The molecule has 7 heteroatoms. The van der Waals surface area contributed by atoms with E-state index >= 15 is 0 Å². The monoisotopic (exact) mass is 518 g/mol. The highest BCUT2D eigenvalue weighted by Crippen LogP contribution is 2.41. The lowest BCUT2D eigenvalue weighted by molar-refractivity contribution is -0.148. The van der Waals surface area contributed by atoms with Gasteiger partial charge in [-0.3, -0.25) is 9.59 Å². The molecule has 3 N–H and O–H groups in total. The lowest BCUT2D eigenvalue weighted by Crippen LogP contribution is -2.34. The highest BCUT2D eigenvalue weighted by molar-refractivity contribution is 5.99. The van der Waals surface area contributed by atoms with Crippen molar-refractivity contribution in [3.8, 4) is 11.5 Å². The smallest absolute Gasteiger partial charge is 0.310 e. The minimum absolute atomic E-state index is 0.107. The zero-order valence-corrected chi connectivity index (χ0v) is 21.8. The number of aliphatic carboxylic acids is 1. The van der Waals surface area contributed by atoms with Crippen molar-refractivity contribution in [3.63, 3.8) is 0 Å². The molecule has 0 saturated heterocycles. The fourth-order valence-corrected chi connectivity index (χ4v) is 5.03. The van der Waals surface area contributed by atoms with E-state index in [1.54, 1.807) is 25.1 Å². The maximum Gasteiger partial charge on any atom is 0.310 e. The maximum atomic E-state index is 13.3. The summed E-state index contributed by atoms with van der Waals surface area (Å²) in [4.78, 5) is 25.6.